The molecule has 3 aromatic rings. The van der Waals surface area contributed by atoms with E-state index >= 15 is 0 Å². The molecule has 1 heterocycles. The molecule has 0 bridgehead atoms. The minimum absolute atomic E-state index is 0.231. The highest BCUT2D eigenvalue weighted by molar-refractivity contribution is 6.32. The van der Waals surface area contributed by atoms with Gasteiger partial charge in [0.15, 0.2) is 5.70 Å². The van der Waals surface area contributed by atoms with Crippen LogP contribution in [0.15, 0.2) is 71.4 Å². The Morgan fingerprint density at radius 1 is 1.08 bits per heavy atom. The second-order valence-electron chi connectivity index (χ2n) is 5.76. The molecule has 0 amide bonds. The highest BCUT2D eigenvalue weighted by Gasteiger charge is 2.25. The van der Waals surface area contributed by atoms with Crippen molar-refractivity contribution >= 4 is 40.3 Å². The van der Waals surface area contributed by atoms with Gasteiger partial charge >= 0.3 is 5.97 Å². The van der Waals surface area contributed by atoms with Gasteiger partial charge in [0.1, 0.15) is 5.75 Å². The van der Waals surface area contributed by atoms with Gasteiger partial charge in [-0.25, -0.2) is 9.79 Å². The molecule has 0 spiro atoms. The first-order chi connectivity index (χ1) is 12.7. The number of carbonyl (C=O) groups excluding carboxylic acids is 1. The SMILES string of the molecule is COc1ccc(/C=C2/N=C(c3cccc4ccccc34)OC2=O)cc1Cl. The first kappa shape index (κ1) is 16.4. The number of fused-ring (bicyclic) bond motifs is 1. The van der Waals surface area contributed by atoms with Crippen molar-refractivity contribution in [2.75, 3.05) is 7.11 Å². The zero-order chi connectivity index (χ0) is 18.1. The van der Waals surface area contributed by atoms with Crippen molar-refractivity contribution in [3.05, 3.63) is 82.5 Å². The molecule has 4 nitrogen and oxygen atoms in total. The number of ether oxygens (including phenoxy) is 2. The predicted octanol–water partition coefficient (Wildman–Crippen LogP) is 4.85. The maximum atomic E-state index is 12.2. The summed E-state index contributed by atoms with van der Waals surface area (Å²) in [5.74, 6) is 0.389. The average Bonchev–Trinajstić information content (AvgIpc) is 3.02. The van der Waals surface area contributed by atoms with E-state index < -0.39 is 5.97 Å². The zero-order valence-corrected chi connectivity index (χ0v) is 14.7. The molecule has 3 aromatic carbocycles. The molecule has 0 aliphatic carbocycles. The monoisotopic (exact) mass is 363 g/mol. The van der Waals surface area contributed by atoms with Crippen molar-refractivity contribution in [1.82, 2.24) is 0 Å². The van der Waals surface area contributed by atoms with E-state index in [1.54, 1.807) is 31.4 Å². The molecule has 128 valence electrons. The van der Waals surface area contributed by atoms with Crippen LogP contribution >= 0.6 is 11.6 Å². The first-order valence-corrected chi connectivity index (χ1v) is 8.38. The van der Waals surface area contributed by atoms with Gasteiger partial charge in [-0.3, -0.25) is 0 Å². The third kappa shape index (κ3) is 2.95. The summed E-state index contributed by atoms with van der Waals surface area (Å²) in [6, 6.07) is 19.0. The maximum Gasteiger partial charge on any atom is 0.363 e. The number of aliphatic imine (C=N–C) groups is 1. The van der Waals surface area contributed by atoms with Crippen LogP contribution in [0.4, 0.5) is 0 Å². The molecule has 0 saturated heterocycles. The smallest absolute Gasteiger partial charge is 0.363 e. The topological polar surface area (TPSA) is 47.9 Å². The molecule has 1 aliphatic heterocycles. The van der Waals surface area contributed by atoms with E-state index in [0.29, 0.717) is 16.7 Å². The minimum Gasteiger partial charge on any atom is -0.495 e. The molecule has 0 aromatic heterocycles. The lowest BCUT2D eigenvalue weighted by atomic mass is 10.0. The van der Waals surface area contributed by atoms with Crippen LogP contribution < -0.4 is 4.74 Å². The molecule has 0 N–H and O–H groups in total. The predicted molar refractivity (Wildman–Crippen MR) is 103 cm³/mol. The Hall–Kier alpha value is -3.11. The van der Waals surface area contributed by atoms with Crippen LogP contribution in [0.3, 0.4) is 0 Å². The molecule has 0 unspecified atom stereocenters. The Labute approximate surface area is 155 Å². The highest BCUT2D eigenvalue weighted by atomic mass is 35.5. The van der Waals surface area contributed by atoms with Gasteiger partial charge in [-0.05, 0) is 40.6 Å². The van der Waals surface area contributed by atoms with Crippen LogP contribution in [-0.4, -0.2) is 19.0 Å². The number of hydrogen-bond acceptors (Lipinski definition) is 4. The van der Waals surface area contributed by atoms with E-state index in [9.17, 15) is 4.79 Å². The van der Waals surface area contributed by atoms with Gasteiger partial charge in [-0.15, -0.1) is 0 Å². The lowest BCUT2D eigenvalue weighted by Crippen LogP contribution is -2.05. The quantitative estimate of drug-likeness (QED) is 0.494. The van der Waals surface area contributed by atoms with E-state index in [4.69, 9.17) is 21.1 Å². The van der Waals surface area contributed by atoms with Gasteiger partial charge in [-0.2, -0.15) is 0 Å². The van der Waals surface area contributed by atoms with E-state index in [0.717, 1.165) is 21.9 Å². The van der Waals surface area contributed by atoms with Crippen LogP contribution in [-0.2, 0) is 9.53 Å². The van der Waals surface area contributed by atoms with Crippen LogP contribution in [0, 0.1) is 0 Å². The largest absolute Gasteiger partial charge is 0.495 e. The molecular weight excluding hydrogens is 350 g/mol. The van der Waals surface area contributed by atoms with Gasteiger partial charge in [0, 0.05) is 5.56 Å². The van der Waals surface area contributed by atoms with Gasteiger partial charge in [0.25, 0.3) is 0 Å². The molecule has 1 aliphatic rings. The number of carbonyl (C=O) groups is 1. The molecule has 0 fully saturated rings. The summed E-state index contributed by atoms with van der Waals surface area (Å²) < 4.78 is 10.5. The van der Waals surface area contributed by atoms with Gasteiger partial charge < -0.3 is 9.47 Å². The molecule has 5 heteroatoms. The number of rotatable bonds is 3. The highest BCUT2D eigenvalue weighted by Crippen LogP contribution is 2.28. The molecule has 4 rings (SSSR count). The number of hydrogen-bond donors (Lipinski definition) is 0. The number of benzene rings is 3. The lowest BCUT2D eigenvalue weighted by molar-refractivity contribution is -0.129. The fraction of sp³-hybridized carbons (Fsp3) is 0.0476. The van der Waals surface area contributed by atoms with Crippen molar-refractivity contribution in [2.24, 2.45) is 4.99 Å². The fourth-order valence-corrected chi connectivity index (χ4v) is 3.13. The number of halogens is 1. The summed E-state index contributed by atoms with van der Waals surface area (Å²) in [5.41, 5.74) is 1.76. The van der Waals surface area contributed by atoms with E-state index in [-0.39, 0.29) is 5.70 Å². The Morgan fingerprint density at radius 3 is 2.69 bits per heavy atom. The van der Waals surface area contributed by atoms with Gasteiger partial charge in [0.05, 0.1) is 12.1 Å². The van der Waals surface area contributed by atoms with Crippen molar-refractivity contribution < 1.29 is 14.3 Å². The zero-order valence-electron chi connectivity index (χ0n) is 13.9. The van der Waals surface area contributed by atoms with Crippen LogP contribution in [0.2, 0.25) is 5.02 Å². The first-order valence-electron chi connectivity index (χ1n) is 8.00. The second kappa shape index (κ2) is 6.65. The Balaban J connectivity index is 1.74. The standard InChI is InChI=1S/C21H14ClNO3/c1-25-19-10-9-13(11-17(19)22)12-18-21(24)26-20(23-18)16-8-4-6-14-5-2-3-7-15(14)16/h2-12H,1H3/b18-12+. The van der Waals surface area contributed by atoms with Crippen molar-refractivity contribution in [2.45, 2.75) is 0 Å². The van der Waals surface area contributed by atoms with Crippen LogP contribution in [0.5, 0.6) is 5.75 Å². The van der Waals surface area contributed by atoms with Crippen molar-refractivity contribution in [3.63, 3.8) is 0 Å². The average molecular weight is 364 g/mol. The summed E-state index contributed by atoms with van der Waals surface area (Å²) in [6.45, 7) is 0. The normalized spacial score (nSPS) is 15.2. The molecule has 0 radical (unpaired) electrons. The van der Waals surface area contributed by atoms with Crippen LogP contribution in [0.1, 0.15) is 11.1 Å². The number of methoxy groups -OCH3 is 1. The summed E-state index contributed by atoms with van der Waals surface area (Å²) in [6.07, 6.45) is 1.64. The summed E-state index contributed by atoms with van der Waals surface area (Å²) in [7, 11) is 1.55. The second-order valence-corrected chi connectivity index (χ2v) is 6.16. The number of esters is 1. The molecule has 0 atom stereocenters. The number of cyclic esters (lactones) is 1. The minimum atomic E-state index is -0.486. The third-order valence-electron chi connectivity index (χ3n) is 4.12. The molecular formula is C21H14ClNO3. The van der Waals surface area contributed by atoms with E-state index in [1.165, 1.54) is 0 Å². The van der Waals surface area contributed by atoms with Gasteiger partial charge in [0.2, 0.25) is 5.90 Å². The fourth-order valence-electron chi connectivity index (χ4n) is 2.87. The Kier molecular flexibility index (Phi) is 4.19. The third-order valence-corrected chi connectivity index (χ3v) is 4.42. The Morgan fingerprint density at radius 2 is 1.88 bits per heavy atom. The lowest BCUT2D eigenvalue weighted by Gasteiger charge is -2.04. The molecule has 0 saturated carbocycles. The summed E-state index contributed by atoms with van der Waals surface area (Å²) in [4.78, 5) is 16.6. The van der Waals surface area contributed by atoms with Gasteiger partial charge in [-0.1, -0.05) is 54.1 Å². The molecule has 26 heavy (non-hydrogen) atoms. The maximum absolute atomic E-state index is 12.2. The van der Waals surface area contributed by atoms with Crippen molar-refractivity contribution in [3.8, 4) is 5.75 Å². The summed E-state index contributed by atoms with van der Waals surface area (Å²) in [5, 5.41) is 2.50. The van der Waals surface area contributed by atoms with E-state index in [1.807, 2.05) is 42.5 Å². The van der Waals surface area contributed by atoms with E-state index in [2.05, 4.69) is 4.99 Å². The number of nitrogens with zero attached hydrogens (tertiary/aromatic N) is 1. The van der Waals surface area contributed by atoms with Crippen LogP contribution in [0.25, 0.3) is 16.8 Å². The summed E-state index contributed by atoms with van der Waals surface area (Å²) >= 11 is 6.14. The van der Waals surface area contributed by atoms with Crippen molar-refractivity contribution in [1.29, 1.82) is 0 Å². The Bertz CT molecular complexity index is 1080.